The van der Waals surface area contributed by atoms with E-state index in [9.17, 15) is 0 Å². The van der Waals surface area contributed by atoms with Crippen LogP contribution in [-0.4, -0.2) is 15.3 Å². The molecule has 0 aliphatic carbocycles. The molecule has 3 nitrogen and oxygen atoms in total. The smallest absolute Gasteiger partial charge is 0.187 e. The largest absolute Gasteiger partial charge is 0.346 e. The third kappa shape index (κ3) is 1.54. The van der Waals surface area contributed by atoms with Gasteiger partial charge in [0.1, 0.15) is 0 Å². The Morgan fingerprint density at radius 3 is 3.12 bits per heavy atom. The summed E-state index contributed by atoms with van der Waals surface area (Å²) < 4.78 is 8.30. The lowest BCUT2D eigenvalue weighted by Gasteiger charge is -2.33. The van der Waals surface area contributed by atoms with Crippen molar-refractivity contribution in [1.29, 1.82) is 0 Å². The number of aromatic nitrogens is 2. The average Bonchev–Trinajstić information content (AvgIpc) is 2.88. The molecule has 0 saturated carbocycles. The number of nitrogens with zero attached hydrogens (tertiary/aromatic N) is 3. The van der Waals surface area contributed by atoms with Crippen LogP contribution in [0.4, 0.5) is 5.82 Å². The van der Waals surface area contributed by atoms with Crippen molar-refractivity contribution in [3.63, 3.8) is 0 Å². The minimum absolute atomic E-state index is 0.344. The summed E-state index contributed by atoms with van der Waals surface area (Å²) in [6.45, 7) is 3.17. The summed E-state index contributed by atoms with van der Waals surface area (Å²) in [5.41, 5.74) is 1.40. The van der Waals surface area contributed by atoms with E-state index >= 15 is 0 Å². The normalized spacial score (nSPS) is 19.9. The van der Waals surface area contributed by atoms with Crippen LogP contribution in [0.15, 0.2) is 11.4 Å². The molecule has 1 aliphatic heterocycles. The number of anilines is 1. The van der Waals surface area contributed by atoms with Crippen LogP contribution in [0.1, 0.15) is 23.4 Å². The van der Waals surface area contributed by atoms with Gasteiger partial charge >= 0.3 is 0 Å². The minimum Gasteiger partial charge on any atom is -0.346 e. The van der Waals surface area contributed by atoms with Gasteiger partial charge in [0.2, 0.25) is 0 Å². The number of hydrogen-bond acceptors (Lipinski definition) is 5. The van der Waals surface area contributed by atoms with E-state index in [-0.39, 0.29) is 0 Å². The van der Waals surface area contributed by atoms with Crippen LogP contribution in [0.3, 0.4) is 0 Å². The zero-order valence-electron chi connectivity index (χ0n) is 8.68. The summed E-state index contributed by atoms with van der Waals surface area (Å²) in [5.74, 6) is 0.830. The van der Waals surface area contributed by atoms with Gasteiger partial charge in [0.25, 0.3) is 0 Å². The first-order valence-electron chi connectivity index (χ1n) is 5.08. The highest BCUT2D eigenvalue weighted by Crippen LogP contribution is 2.37. The molecule has 1 atom stereocenters. The lowest BCUT2D eigenvalue weighted by Crippen LogP contribution is -2.33. The molecule has 84 valence electrons. The van der Waals surface area contributed by atoms with Gasteiger partial charge in [0.05, 0.1) is 17.8 Å². The Morgan fingerprint density at radius 1 is 1.50 bits per heavy atom. The molecule has 0 fully saturated rings. The average molecular weight is 272 g/mol. The number of thiophene rings is 1. The third-order valence-corrected chi connectivity index (χ3v) is 4.85. The molecule has 1 unspecified atom stereocenters. The van der Waals surface area contributed by atoms with Crippen molar-refractivity contribution in [2.75, 3.05) is 11.4 Å². The summed E-state index contributed by atoms with van der Waals surface area (Å²) in [7, 11) is 0. The van der Waals surface area contributed by atoms with Crippen molar-refractivity contribution >= 4 is 40.5 Å². The van der Waals surface area contributed by atoms with Gasteiger partial charge in [-0.15, -0.1) is 11.3 Å². The summed E-state index contributed by atoms with van der Waals surface area (Å²) in [6, 6.07) is 2.54. The number of rotatable bonds is 1. The molecular weight excluding hydrogens is 262 g/mol. The van der Waals surface area contributed by atoms with E-state index in [0.29, 0.717) is 11.2 Å². The third-order valence-electron chi connectivity index (χ3n) is 2.98. The Kier molecular flexibility index (Phi) is 2.61. The van der Waals surface area contributed by atoms with Crippen LogP contribution < -0.4 is 4.90 Å². The van der Waals surface area contributed by atoms with E-state index in [4.69, 9.17) is 11.6 Å². The number of hydrogen-bond donors (Lipinski definition) is 0. The zero-order chi connectivity index (χ0) is 11.1. The fourth-order valence-corrected chi connectivity index (χ4v) is 3.86. The molecule has 1 aliphatic rings. The summed E-state index contributed by atoms with van der Waals surface area (Å²) in [4.78, 5) is 3.73. The molecule has 2 aromatic rings. The van der Waals surface area contributed by atoms with E-state index in [1.807, 2.05) is 11.3 Å². The predicted octanol–water partition coefficient (Wildman–Crippen LogP) is 3.38. The predicted molar refractivity (Wildman–Crippen MR) is 68.7 cm³/mol. The second-order valence-corrected chi connectivity index (χ2v) is 5.68. The van der Waals surface area contributed by atoms with Crippen LogP contribution >= 0.6 is 34.7 Å². The standard InChI is InChI=1S/C10H10ClN3S2/c1-6-7-3-5-15-8(7)2-4-14(6)10-9(11)12-16-13-10/h3,5-6H,2,4H2,1H3. The highest BCUT2D eigenvalue weighted by Gasteiger charge is 2.27. The Morgan fingerprint density at radius 2 is 2.38 bits per heavy atom. The first-order valence-corrected chi connectivity index (χ1v) is 7.07. The Bertz CT molecular complexity index is 508. The van der Waals surface area contributed by atoms with Gasteiger partial charge in [-0.2, -0.15) is 8.75 Å². The van der Waals surface area contributed by atoms with Crippen LogP contribution in [0, 0.1) is 0 Å². The van der Waals surface area contributed by atoms with Gasteiger partial charge in [-0.25, -0.2) is 0 Å². The fraction of sp³-hybridized carbons (Fsp3) is 0.400. The maximum absolute atomic E-state index is 6.04. The SMILES string of the molecule is CC1c2ccsc2CCN1c1nsnc1Cl. The second-order valence-electron chi connectivity index (χ2n) is 3.80. The Labute approximate surface area is 107 Å². The van der Waals surface area contributed by atoms with Gasteiger partial charge in [-0.05, 0) is 30.4 Å². The van der Waals surface area contributed by atoms with Crippen LogP contribution in [0.5, 0.6) is 0 Å². The van der Waals surface area contributed by atoms with Gasteiger partial charge in [0, 0.05) is 11.4 Å². The zero-order valence-corrected chi connectivity index (χ0v) is 11.1. The molecule has 3 heterocycles. The molecule has 0 spiro atoms. The monoisotopic (exact) mass is 271 g/mol. The second kappa shape index (κ2) is 3.98. The van der Waals surface area contributed by atoms with Crippen molar-refractivity contribution < 1.29 is 0 Å². The molecule has 0 radical (unpaired) electrons. The molecule has 0 bridgehead atoms. The van der Waals surface area contributed by atoms with Crippen molar-refractivity contribution in [2.24, 2.45) is 0 Å². The quantitative estimate of drug-likeness (QED) is 0.796. The molecule has 6 heteroatoms. The van der Waals surface area contributed by atoms with Gasteiger partial charge in [-0.1, -0.05) is 11.6 Å². The van der Waals surface area contributed by atoms with Crippen LogP contribution in [-0.2, 0) is 6.42 Å². The first-order chi connectivity index (χ1) is 7.77. The lowest BCUT2D eigenvalue weighted by atomic mass is 10.0. The highest BCUT2D eigenvalue weighted by atomic mass is 35.5. The number of fused-ring (bicyclic) bond motifs is 1. The molecule has 0 N–H and O–H groups in total. The number of halogens is 1. The molecule has 0 aromatic carbocycles. The fourth-order valence-electron chi connectivity index (χ4n) is 2.14. The van der Waals surface area contributed by atoms with E-state index in [2.05, 4.69) is 32.0 Å². The summed E-state index contributed by atoms with van der Waals surface area (Å²) >= 11 is 9.05. The van der Waals surface area contributed by atoms with Gasteiger partial charge in [0.15, 0.2) is 11.0 Å². The maximum atomic E-state index is 6.04. The Hall–Kier alpha value is -0.650. The molecule has 3 rings (SSSR count). The highest BCUT2D eigenvalue weighted by molar-refractivity contribution is 7.10. The minimum atomic E-state index is 0.344. The summed E-state index contributed by atoms with van der Waals surface area (Å²) in [5, 5.41) is 2.68. The van der Waals surface area contributed by atoms with E-state index < -0.39 is 0 Å². The first kappa shape index (κ1) is 10.5. The molecule has 2 aromatic heterocycles. The van der Waals surface area contributed by atoms with Crippen molar-refractivity contribution in [3.05, 3.63) is 27.0 Å². The molecular formula is C10H10ClN3S2. The van der Waals surface area contributed by atoms with Crippen LogP contribution in [0.25, 0.3) is 0 Å². The lowest BCUT2D eigenvalue weighted by molar-refractivity contribution is 0.627. The van der Waals surface area contributed by atoms with Crippen molar-refractivity contribution in [1.82, 2.24) is 8.75 Å². The molecule has 0 saturated heterocycles. The topological polar surface area (TPSA) is 29.0 Å². The van der Waals surface area contributed by atoms with E-state index in [0.717, 1.165) is 18.8 Å². The van der Waals surface area contributed by atoms with E-state index in [1.54, 1.807) is 0 Å². The van der Waals surface area contributed by atoms with E-state index in [1.165, 1.54) is 22.2 Å². The molecule has 0 amide bonds. The van der Waals surface area contributed by atoms with Gasteiger partial charge < -0.3 is 4.90 Å². The van der Waals surface area contributed by atoms with Crippen molar-refractivity contribution in [2.45, 2.75) is 19.4 Å². The van der Waals surface area contributed by atoms with Crippen LogP contribution in [0.2, 0.25) is 5.15 Å². The van der Waals surface area contributed by atoms with Crippen molar-refractivity contribution in [3.8, 4) is 0 Å². The summed E-state index contributed by atoms with van der Waals surface area (Å²) in [6.07, 6.45) is 1.07. The molecule has 16 heavy (non-hydrogen) atoms. The Balaban J connectivity index is 1.99. The maximum Gasteiger partial charge on any atom is 0.187 e. The van der Waals surface area contributed by atoms with Gasteiger partial charge in [-0.3, -0.25) is 0 Å².